The maximum Gasteiger partial charge on any atom is 0.573 e. The van der Waals surface area contributed by atoms with E-state index < -0.39 is 35.8 Å². The second-order valence-corrected chi connectivity index (χ2v) is 6.94. The van der Waals surface area contributed by atoms with Crippen molar-refractivity contribution in [1.29, 1.82) is 0 Å². The SMILES string of the molecule is Cc1cc(F)c(NC(=O)Cc2ccc(OC(F)(F)F)cc2)cc1SCC(F)(F)F. The molecule has 29 heavy (non-hydrogen) atoms. The Labute approximate surface area is 165 Å². The summed E-state index contributed by atoms with van der Waals surface area (Å²) in [7, 11) is 0. The number of hydrogen-bond donors (Lipinski definition) is 1. The van der Waals surface area contributed by atoms with Gasteiger partial charge in [-0.1, -0.05) is 12.1 Å². The summed E-state index contributed by atoms with van der Waals surface area (Å²) >= 11 is 0.465. The number of nitrogens with one attached hydrogen (secondary N) is 1. The molecule has 0 bridgehead atoms. The highest BCUT2D eigenvalue weighted by molar-refractivity contribution is 7.99. The van der Waals surface area contributed by atoms with Crippen molar-refractivity contribution < 1.29 is 40.3 Å². The number of rotatable bonds is 6. The van der Waals surface area contributed by atoms with E-state index in [1.165, 1.54) is 19.1 Å². The zero-order chi connectivity index (χ0) is 21.8. The van der Waals surface area contributed by atoms with Gasteiger partial charge in [-0.05, 0) is 42.3 Å². The molecule has 0 atom stereocenters. The molecule has 3 nitrogen and oxygen atoms in total. The molecule has 0 saturated heterocycles. The summed E-state index contributed by atoms with van der Waals surface area (Å²) in [6.07, 6.45) is -9.54. The maximum absolute atomic E-state index is 14.0. The normalized spacial score (nSPS) is 12.0. The van der Waals surface area contributed by atoms with Crippen LogP contribution in [-0.4, -0.2) is 24.2 Å². The smallest absolute Gasteiger partial charge is 0.406 e. The van der Waals surface area contributed by atoms with E-state index in [0.29, 0.717) is 17.3 Å². The number of thioether (sulfide) groups is 1. The second-order valence-electron chi connectivity index (χ2n) is 5.92. The van der Waals surface area contributed by atoms with E-state index in [4.69, 9.17) is 0 Å². The average molecular weight is 441 g/mol. The van der Waals surface area contributed by atoms with Crippen LogP contribution in [-0.2, 0) is 11.2 Å². The highest BCUT2D eigenvalue weighted by Crippen LogP contribution is 2.32. The molecule has 0 aliphatic heterocycles. The molecule has 0 radical (unpaired) electrons. The first-order valence-electron chi connectivity index (χ1n) is 7.96. The molecule has 1 amide bonds. The number of hydrogen-bond acceptors (Lipinski definition) is 3. The predicted octanol–water partition coefficient (Wildman–Crippen LogP) is 5.87. The van der Waals surface area contributed by atoms with E-state index in [-0.39, 0.29) is 22.6 Å². The molecule has 2 aromatic rings. The zero-order valence-electron chi connectivity index (χ0n) is 14.7. The molecule has 0 aromatic heterocycles. The number of alkyl halides is 6. The van der Waals surface area contributed by atoms with Crippen molar-refractivity contribution >= 4 is 23.4 Å². The molecule has 0 heterocycles. The molecule has 1 N–H and O–H groups in total. The van der Waals surface area contributed by atoms with Crippen LogP contribution in [0.15, 0.2) is 41.3 Å². The van der Waals surface area contributed by atoms with Gasteiger partial charge in [0, 0.05) is 4.90 Å². The Morgan fingerprint density at radius 3 is 2.24 bits per heavy atom. The fourth-order valence-corrected chi connectivity index (χ4v) is 3.06. The molecule has 0 spiro atoms. The van der Waals surface area contributed by atoms with Crippen molar-refractivity contribution in [2.45, 2.75) is 30.8 Å². The van der Waals surface area contributed by atoms with Gasteiger partial charge in [0.25, 0.3) is 0 Å². The van der Waals surface area contributed by atoms with Gasteiger partial charge < -0.3 is 10.1 Å². The highest BCUT2D eigenvalue weighted by Gasteiger charge is 2.31. The number of benzene rings is 2. The maximum atomic E-state index is 14.0. The standard InChI is InChI=1S/C18H14F7NO2S/c1-10-6-13(19)14(8-15(10)29-9-17(20,21)22)26-16(27)7-11-2-4-12(5-3-11)28-18(23,24)25/h2-6,8H,7,9H2,1H3,(H,26,27). The number of ether oxygens (including phenoxy) is 1. The van der Waals surface area contributed by atoms with E-state index in [1.54, 1.807) is 0 Å². The topological polar surface area (TPSA) is 38.3 Å². The minimum absolute atomic E-state index is 0.160. The van der Waals surface area contributed by atoms with Crippen LogP contribution >= 0.6 is 11.8 Å². The lowest BCUT2D eigenvalue weighted by Crippen LogP contribution is -2.17. The van der Waals surface area contributed by atoms with Crippen molar-refractivity contribution in [3.8, 4) is 5.75 Å². The lowest BCUT2D eigenvalue weighted by Gasteiger charge is -2.13. The number of anilines is 1. The number of carbonyl (C=O) groups excluding carboxylic acids is 1. The van der Waals surface area contributed by atoms with Gasteiger partial charge in [-0.15, -0.1) is 24.9 Å². The monoisotopic (exact) mass is 441 g/mol. The molecule has 158 valence electrons. The molecule has 0 fully saturated rings. The third-order valence-corrected chi connectivity index (χ3v) is 4.67. The Balaban J connectivity index is 2.04. The van der Waals surface area contributed by atoms with Crippen LogP contribution in [0, 0.1) is 12.7 Å². The van der Waals surface area contributed by atoms with Crippen LogP contribution in [0.25, 0.3) is 0 Å². The summed E-state index contributed by atoms with van der Waals surface area (Å²) in [6, 6.07) is 6.63. The molecule has 0 aliphatic carbocycles. The fraction of sp³-hybridized carbons (Fsp3) is 0.278. The molecule has 2 aromatic carbocycles. The van der Waals surface area contributed by atoms with Crippen molar-refractivity contribution in [3.05, 3.63) is 53.3 Å². The minimum Gasteiger partial charge on any atom is -0.406 e. The second kappa shape index (κ2) is 8.93. The lowest BCUT2D eigenvalue weighted by molar-refractivity contribution is -0.274. The van der Waals surface area contributed by atoms with Gasteiger partial charge in [-0.3, -0.25) is 4.79 Å². The summed E-state index contributed by atoms with van der Waals surface area (Å²) in [4.78, 5) is 12.2. The summed E-state index contributed by atoms with van der Waals surface area (Å²) in [6.45, 7) is 1.44. The van der Waals surface area contributed by atoms with Crippen molar-refractivity contribution in [1.82, 2.24) is 0 Å². The van der Waals surface area contributed by atoms with E-state index in [2.05, 4.69) is 10.1 Å². The number of amides is 1. The van der Waals surface area contributed by atoms with Crippen LogP contribution in [0.5, 0.6) is 5.75 Å². The number of halogens is 7. The van der Waals surface area contributed by atoms with Gasteiger partial charge in [-0.2, -0.15) is 13.2 Å². The van der Waals surface area contributed by atoms with Crippen molar-refractivity contribution in [3.63, 3.8) is 0 Å². The van der Waals surface area contributed by atoms with Gasteiger partial charge in [0.2, 0.25) is 5.91 Å². The average Bonchev–Trinajstić information content (AvgIpc) is 2.56. The van der Waals surface area contributed by atoms with Gasteiger partial charge >= 0.3 is 12.5 Å². The Morgan fingerprint density at radius 1 is 1.07 bits per heavy atom. The van der Waals surface area contributed by atoms with Crippen molar-refractivity contribution in [2.24, 2.45) is 0 Å². The summed E-state index contributed by atoms with van der Waals surface area (Å²) in [5.74, 6) is -3.14. The van der Waals surface area contributed by atoms with E-state index in [0.717, 1.165) is 24.3 Å². The number of carbonyl (C=O) groups is 1. The van der Waals surface area contributed by atoms with Gasteiger partial charge in [0.15, 0.2) is 0 Å². The Hall–Kier alpha value is -2.43. The molecule has 0 saturated carbocycles. The van der Waals surface area contributed by atoms with Gasteiger partial charge in [0.1, 0.15) is 11.6 Å². The van der Waals surface area contributed by atoms with Crippen LogP contribution in [0.1, 0.15) is 11.1 Å². The first-order valence-corrected chi connectivity index (χ1v) is 8.95. The molecular formula is C18H14F7NO2S. The quantitative estimate of drug-likeness (QED) is 0.450. The number of aryl methyl sites for hydroxylation is 1. The first kappa shape index (κ1) is 22.9. The Morgan fingerprint density at radius 2 is 1.69 bits per heavy atom. The third-order valence-electron chi connectivity index (χ3n) is 3.45. The van der Waals surface area contributed by atoms with Gasteiger partial charge in [-0.25, -0.2) is 4.39 Å². The van der Waals surface area contributed by atoms with Crippen LogP contribution < -0.4 is 10.1 Å². The minimum atomic E-state index is -4.84. The molecule has 0 aliphatic rings. The van der Waals surface area contributed by atoms with E-state index >= 15 is 0 Å². The van der Waals surface area contributed by atoms with Crippen molar-refractivity contribution in [2.75, 3.05) is 11.1 Å². The Kier molecular flexibility index (Phi) is 7.04. The highest BCUT2D eigenvalue weighted by atomic mass is 32.2. The summed E-state index contributed by atoms with van der Waals surface area (Å²) < 4.78 is 91.3. The molecule has 0 unspecified atom stereocenters. The lowest BCUT2D eigenvalue weighted by atomic mass is 10.1. The summed E-state index contributed by atoms with van der Waals surface area (Å²) in [5, 5.41) is 2.26. The predicted molar refractivity (Wildman–Crippen MR) is 93.4 cm³/mol. The zero-order valence-corrected chi connectivity index (χ0v) is 15.6. The molecule has 11 heteroatoms. The largest absolute Gasteiger partial charge is 0.573 e. The van der Waals surface area contributed by atoms with E-state index in [1.807, 2.05) is 0 Å². The van der Waals surface area contributed by atoms with Crippen LogP contribution in [0.2, 0.25) is 0 Å². The van der Waals surface area contributed by atoms with E-state index in [9.17, 15) is 35.5 Å². The Bertz CT molecular complexity index is 864. The fourth-order valence-electron chi connectivity index (χ4n) is 2.25. The van der Waals surface area contributed by atoms with Gasteiger partial charge in [0.05, 0.1) is 17.9 Å². The molecule has 2 rings (SSSR count). The van der Waals surface area contributed by atoms with Crippen LogP contribution in [0.3, 0.4) is 0 Å². The molecular weight excluding hydrogens is 427 g/mol. The van der Waals surface area contributed by atoms with Crippen LogP contribution in [0.4, 0.5) is 36.4 Å². The summed E-state index contributed by atoms with van der Waals surface area (Å²) in [5.41, 5.74) is 0.327. The third kappa shape index (κ3) is 7.84. The first-order chi connectivity index (χ1) is 13.3.